The number of fused-ring (bicyclic) bond motifs is 1. The highest BCUT2D eigenvalue weighted by Gasteiger charge is 2.16. The Labute approximate surface area is 138 Å². The van der Waals surface area contributed by atoms with E-state index in [9.17, 15) is 10.1 Å². The van der Waals surface area contributed by atoms with Gasteiger partial charge in [0, 0.05) is 22.8 Å². The summed E-state index contributed by atoms with van der Waals surface area (Å²) in [6, 6.07) is 9.71. The maximum absolute atomic E-state index is 12.2. The Morgan fingerprint density at radius 3 is 2.96 bits per heavy atom. The summed E-state index contributed by atoms with van der Waals surface area (Å²) in [5, 5.41) is 9.36. The Bertz CT molecular complexity index is 915. The Morgan fingerprint density at radius 1 is 1.43 bits per heavy atom. The van der Waals surface area contributed by atoms with Crippen LogP contribution >= 0.6 is 11.3 Å². The third-order valence-corrected chi connectivity index (χ3v) is 5.14. The van der Waals surface area contributed by atoms with Crippen molar-refractivity contribution in [3.8, 4) is 6.07 Å². The van der Waals surface area contributed by atoms with E-state index in [0.29, 0.717) is 10.4 Å². The maximum atomic E-state index is 12.2. The Kier molecular flexibility index (Phi) is 4.18. The van der Waals surface area contributed by atoms with Gasteiger partial charge in [-0.15, -0.1) is 11.3 Å². The average Bonchev–Trinajstić information content (AvgIpc) is 3.12. The van der Waals surface area contributed by atoms with Gasteiger partial charge < -0.3 is 9.14 Å². The minimum atomic E-state index is -0.336. The number of aryl methyl sites for hydroxylation is 2. The zero-order chi connectivity index (χ0) is 16.4. The molecule has 3 aromatic heterocycles. The average molecular weight is 324 g/mol. The fraction of sp³-hybridized carbons (Fsp3) is 0.222. The number of aromatic nitrogens is 1. The van der Waals surface area contributed by atoms with Gasteiger partial charge in [-0.2, -0.15) is 5.26 Å². The molecule has 0 aromatic carbocycles. The molecule has 0 radical (unpaired) electrons. The Balaban J connectivity index is 1.80. The molecule has 0 N–H and O–H groups in total. The smallest absolute Gasteiger partial charge is 0.348 e. The Morgan fingerprint density at radius 2 is 2.26 bits per heavy atom. The van der Waals surface area contributed by atoms with Crippen LogP contribution in [0.15, 0.2) is 36.7 Å². The van der Waals surface area contributed by atoms with Gasteiger partial charge in [-0.05, 0) is 37.1 Å². The summed E-state index contributed by atoms with van der Waals surface area (Å²) in [7, 11) is 0. The van der Waals surface area contributed by atoms with E-state index in [4.69, 9.17) is 4.74 Å². The summed E-state index contributed by atoms with van der Waals surface area (Å²) >= 11 is 1.47. The lowest BCUT2D eigenvalue weighted by molar-refractivity contribution is 0.0478. The summed E-state index contributed by atoms with van der Waals surface area (Å²) in [5.74, 6) is -0.336. The number of carbonyl (C=O) groups is 1. The summed E-state index contributed by atoms with van der Waals surface area (Å²) in [5.41, 5.74) is 3.21. The molecule has 0 spiro atoms. The molecule has 0 saturated carbocycles. The van der Waals surface area contributed by atoms with Crippen LogP contribution in [0.4, 0.5) is 0 Å². The largest absolute Gasteiger partial charge is 0.457 e. The lowest BCUT2D eigenvalue weighted by Gasteiger charge is -2.01. The van der Waals surface area contributed by atoms with Gasteiger partial charge in [0.15, 0.2) is 0 Å². The van der Waals surface area contributed by atoms with E-state index in [0.717, 1.165) is 23.1 Å². The third kappa shape index (κ3) is 2.86. The Hall–Kier alpha value is -2.58. The lowest BCUT2D eigenvalue weighted by atomic mass is 10.2. The fourth-order valence-corrected chi connectivity index (χ4v) is 3.61. The van der Waals surface area contributed by atoms with Crippen molar-refractivity contribution in [2.24, 2.45) is 0 Å². The van der Waals surface area contributed by atoms with Gasteiger partial charge >= 0.3 is 5.97 Å². The van der Waals surface area contributed by atoms with E-state index in [2.05, 4.69) is 13.0 Å². The third-order valence-electron chi connectivity index (χ3n) is 3.78. The van der Waals surface area contributed by atoms with Crippen molar-refractivity contribution in [3.05, 3.63) is 63.1 Å². The second kappa shape index (κ2) is 6.27. The van der Waals surface area contributed by atoms with Gasteiger partial charge in [-0.25, -0.2) is 4.79 Å². The minimum Gasteiger partial charge on any atom is -0.457 e. The number of pyridine rings is 1. The number of nitrogens with zero attached hydrogens (tertiary/aromatic N) is 2. The number of ether oxygens (including phenoxy) is 1. The zero-order valence-corrected chi connectivity index (χ0v) is 13.8. The molecule has 3 heterocycles. The number of carbonyl (C=O) groups excluding carboxylic acids is 1. The van der Waals surface area contributed by atoms with E-state index in [1.165, 1.54) is 16.2 Å². The monoisotopic (exact) mass is 324 g/mol. The molecule has 5 heteroatoms. The van der Waals surface area contributed by atoms with Gasteiger partial charge in [-0.1, -0.05) is 13.0 Å². The van der Waals surface area contributed by atoms with Gasteiger partial charge in [0.1, 0.15) is 17.6 Å². The number of nitriles is 1. The van der Waals surface area contributed by atoms with Crippen LogP contribution in [0.3, 0.4) is 0 Å². The molecule has 3 aromatic rings. The van der Waals surface area contributed by atoms with Crippen LogP contribution in [0.1, 0.15) is 38.2 Å². The molecule has 0 fully saturated rings. The molecule has 0 amide bonds. The molecule has 0 aliphatic rings. The van der Waals surface area contributed by atoms with Crippen LogP contribution < -0.4 is 0 Å². The molecule has 23 heavy (non-hydrogen) atoms. The van der Waals surface area contributed by atoms with Crippen molar-refractivity contribution in [2.45, 2.75) is 26.9 Å². The highest BCUT2D eigenvalue weighted by atomic mass is 32.1. The van der Waals surface area contributed by atoms with E-state index < -0.39 is 0 Å². The lowest BCUT2D eigenvalue weighted by Crippen LogP contribution is -2.03. The molecule has 0 unspecified atom stereocenters. The summed E-state index contributed by atoms with van der Waals surface area (Å²) in [6.07, 6.45) is 4.61. The van der Waals surface area contributed by atoms with Crippen molar-refractivity contribution < 1.29 is 9.53 Å². The molecular formula is C18H16N2O2S. The van der Waals surface area contributed by atoms with Crippen LogP contribution in [0.25, 0.3) is 5.52 Å². The van der Waals surface area contributed by atoms with Crippen molar-refractivity contribution >= 4 is 22.8 Å². The molecular weight excluding hydrogens is 308 g/mol. The first-order valence-electron chi connectivity index (χ1n) is 7.39. The van der Waals surface area contributed by atoms with Gasteiger partial charge in [-0.3, -0.25) is 0 Å². The van der Waals surface area contributed by atoms with Crippen LogP contribution in [-0.2, 0) is 17.8 Å². The van der Waals surface area contributed by atoms with Gasteiger partial charge in [0.25, 0.3) is 0 Å². The first-order valence-corrected chi connectivity index (χ1v) is 8.20. The molecule has 4 nitrogen and oxygen atoms in total. The quantitative estimate of drug-likeness (QED) is 0.679. The van der Waals surface area contributed by atoms with E-state index in [1.54, 1.807) is 0 Å². The molecule has 0 saturated heterocycles. The van der Waals surface area contributed by atoms with E-state index in [1.807, 2.05) is 48.0 Å². The van der Waals surface area contributed by atoms with Crippen LogP contribution in [0, 0.1) is 18.3 Å². The SMILES string of the molecule is CCc1sc(C(=O)OCc2cn3ccccc3c2C#N)cc1C. The molecule has 3 rings (SSSR count). The standard InChI is InChI=1S/C18H16N2O2S/c1-3-16-12(2)8-17(23-16)18(21)22-11-13-10-20-7-5-4-6-15(20)14(13)9-19/h4-8,10H,3,11H2,1-2H3. The van der Waals surface area contributed by atoms with Crippen molar-refractivity contribution in [1.82, 2.24) is 4.40 Å². The van der Waals surface area contributed by atoms with Crippen LogP contribution in [0.2, 0.25) is 0 Å². The molecule has 116 valence electrons. The highest BCUT2D eigenvalue weighted by molar-refractivity contribution is 7.14. The van der Waals surface area contributed by atoms with E-state index >= 15 is 0 Å². The predicted molar refractivity (Wildman–Crippen MR) is 89.7 cm³/mol. The summed E-state index contributed by atoms with van der Waals surface area (Å²) in [4.78, 5) is 14.0. The maximum Gasteiger partial charge on any atom is 0.348 e. The predicted octanol–water partition coefficient (Wildman–Crippen LogP) is 4.10. The van der Waals surface area contributed by atoms with Gasteiger partial charge in [0.2, 0.25) is 0 Å². The number of hydrogen-bond donors (Lipinski definition) is 0. The van der Waals surface area contributed by atoms with Crippen molar-refractivity contribution in [2.75, 3.05) is 0 Å². The van der Waals surface area contributed by atoms with Crippen molar-refractivity contribution in [1.29, 1.82) is 5.26 Å². The molecule has 0 aliphatic carbocycles. The number of thiophene rings is 1. The van der Waals surface area contributed by atoms with Gasteiger partial charge in [0.05, 0.1) is 11.1 Å². The van der Waals surface area contributed by atoms with Crippen molar-refractivity contribution in [3.63, 3.8) is 0 Å². The number of esters is 1. The molecule has 0 atom stereocenters. The second-order valence-corrected chi connectivity index (χ2v) is 6.42. The first kappa shape index (κ1) is 15.3. The normalized spacial score (nSPS) is 10.7. The number of rotatable bonds is 4. The topological polar surface area (TPSA) is 54.5 Å². The first-order chi connectivity index (χ1) is 11.1. The second-order valence-electron chi connectivity index (χ2n) is 5.28. The summed E-state index contributed by atoms with van der Waals surface area (Å²) in [6.45, 7) is 4.17. The van der Waals surface area contributed by atoms with Crippen LogP contribution in [-0.4, -0.2) is 10.4 Å². The molecule has 0 bridgehead atoms. The molecule has 0 aliphatic heterocycles. The zero-order valence-electron chi connectivity index (χ0n) is 13.0. The van der Waals surface area contributed by atoms with Crippen LogP contribution in [0.5, 0.6) is 0 Å². The van der Waals surface area contributed by atoms with E-state index in [-0.39, 0.29) is 12.6 Å². The summed E-state index contributed by atoms with van der Waals surface area (Å²) < 4.78 is 7.27. The fourth-order valence-electron chi connectivity index (χ4n) is 2.60. The number of hydrogen-bond acceptors (Lipinski definition) is 4. The highest BCUT2D eigenvalue weighted by Crippen LogP contribution is 2.24. The minimum absolute atomic E-state index is 0.0990.